The lowest BCUT2D eigenvalue weighted by Crippen LogP contribution is -2.15. The number of carbonyl (C=O) groups excluding carboxylic acids is 1. The molecule has 0 spiro atoms. The molecule has 0 aliphatic heterocycles. The zero-order valence-electron chi connectivity index (χ0n) is 17.0. The molecule has 2 heterocycles. The molecule has 1 N–H and O–H groups in total. The van der Waals surface area contributed by atoms with E-state index in [1.807, 2.05) is 24.4 Å². The summed E-state index contributed by atoms with van der Waals surface area (Å²) in [5.74, 6) is 0.708. The standard InChI is InChI=1S/C22H19FN4O3S/c1-13-11-17(29-2)18(30-3)12-16(13)24-22(28)20-25-21(19-5-4-10-31-19)27(26-20)15-8-6-14(23)7-9-15/h4-12H,1-3H3,(H,24,28). The molecule has 0 saturated carbocycles. The Kier molecular flexibility index (Phi) is 5.68. The Labute approximate surface area is 182 Å². The van der Waals surface area contributed by atoms with Crippen LogP contribution in [0.1, 0.15) is 16.2 Å². The van der Waals surface area contributed by atoms with Crippen LogP contribution in [0.25, 0.3) is 16.4 Å². The van der Waals surface area contributed by atoms with Gasteiger partial charge in [0.1, 0.15) is 5.82 Å². The van der Waals surface area contributed by atoms with Crippen molar-refractivity contribution in [3.8, 4) is 27.9 Å². The maximum absolute atomic E-state index is 13.4. The number of halogens is 1. The molecule has 0 bridgehead atoms. The van der Waals surface area contributed by atoms with Crippen molar-refractivity contribution in [3.05, 3.63) is 71.1 Å². The Bertz CT molecular complexity index is 1220. The van der Waals surface area contributed by atoms with E-state index in [4.69, 9.17) is 9.47 Å². The molecule has 0 saturated heterocycles. The van der Waals surface area contributed by atoms with Crippen LogP contribution in [0.2, 0.25) is 0 Å². The van der Waals surface area contributed by atoms with Gasteiger partial charge < -0.3 is 14.8 Å². The smallest absolute Gasteiger partial charge is 0.295 e. The van der Waals surface area contributed by atoms with Gasteiger partial charge in [0.25, 0.3) is 5.91 Å². The second-order valence-electron chi connectivity index (χ2n) is 6.60. The molecule has 7 nitrogen and oxygen atoms in total. The Balaban J connectivity index is 1.71. The molecule has 4 rings (SSSR count). The Morgan fingerprint density at radius 3 is 2.45 bits per heavy atom. The number of nitrogens with zero attached hydrogens (tertiary/aromatic N) is 3. The molecule has 1 amide bonds. The van der Waals surface area contributed by atoms with Crippen molar-refractivity contribution in [3.63, 3.8) is 0 Å². The number of aromatic nitrogens is 3. The molecular formula is C22H19FN4O3S. The van der Waals surface area contributed by atoms with E-state index < -0.39 is 5.91 Å². The van der Waals surface area contributed by atoms with E-state index in [2.05, 4.69) is 15.4 Å². The van der Waals surface area contributed by atoms with Gasteiger partial charge in [-0.3, -0.25) is 4.79 Å². The van der Waals surface area contributed by atoms with Gasteiger partial charge in [0.05, 0.1) is 24.8 Å². The average molecular weight is 438 g/mol. The van der Waals surface area contributed by atoms with Gasteiger partial charge in [0.2, 0.25) is 5.82 Å². The molecule has 9 heteroatoms. The second kappa shape index (κ2) is 8.57. The first-order chi connectivity index (χ1) is 15.0. The van der Waals surface area contributed by atoms with Crippen LogP contribution in [-0.4, -0.2) is 34.9 Å². The van der Waals surface area contributed by atoms with Crippen molar-refractivity contribution in [2.24, 2.45) is 0 Å². The fourth-order valence-corrected chi connectivity index (χ4v) is 3.73. The normalized spacial score (nSPS) is 10.7. The van der Waals surface area contributed by atoms with Crippen LogP contribution < -0.4 is 14.8 Å². The minimum absolute atomic E-state index is 0.0121. The van der Waals surface area contributed by atoms with Crippen LogP contribution >= 0.6 is 11.3 Å². The number of methoxy groups -OCH3 is 2. The number of ether oxygens (including phenoxy) is 2. The summed E-state index contributed by atoms with van der Waals surface area (Å²) in [6, 6.07) is 13.1. The summed E-state index contributed by atoms with van der Waals surface area (Å²) in [4.78, 5) is 18.2. The van der Waals surface area contributed by atoms with Crippen molar-refractivity contribution >= 4 is 22.9 Å². The first-order valence-corrected chi connectivity index (χ1v) is 10.2. The minimum Gasteiger partial charge on any atom is -0.493 e. The van der Waals surface area contributed by atoms with E-state index >= 15 is 0 Å². The van der Waals surface area contributed by atoms with Crippen molar-refractivity contribution < 1.29 is 18.7 Å². The lowest BCUT2D eigenvalue weighted by Gasteiger charge is -2.12. The number of rotatable bonds is 6. The van der Waals surface area contributed by atoms with E-state index in [-0.39, 0.29) is 11.6 Å². The summed E-state index contributed by atoms with van der Waals surface area (Å²) >= 11 is 1.47. The number of hydrogen-bond donors (Lipinski definition) is 1. The summed E-state index contributed by atoms with van der Waals surface area (Å²) in [7, 11) is 3.08. The maximum atomic E-state index is 13.4. The fraction of sp³-hybridized carbons (Fsp3) is 0.136. The number of hydrogen-bond acceptors (Lipinski definition) is 6. The predicted octanol–water partition coefficient (Wildman–Crippen LogP) is 4.71. The van der Waals surface area contributed by atoms with Crippen molar-refractivity contribution in [2.45, 2.75) is 6.92 Å². The number of aryl methyl sites for hydroxylation is 1. The molecule has 0 aliphatic carbocycles. The monoisotopic (exact) mass is 438 g/mol. The fourth-order valence-electron chi connectivity index (χ4n) is 3.03. The van der Waals surface area contributed by atoms with E-state index in [0.29, 0.717) is 28.7 Å². The Morgan fingerprint density at radius 1 is 1.10 bits per heavy atom. The summed E-state index contributed by atoms with van der Waals surface area (Å²) < 4.78 is 25.5. The SMILES string of the molecule is COc1cc(C)c(NC(=O)c2nc(-c3cccs3)n(-c3ccc(F)cc3)n2)cc1OC. The van der Waals surface area contributed by atoms with Gasteiger partial charge in [-0.2, -0.15) is 0 Å². The largest absolute Gasteiger partial charge is 0.493 e. The first kappa shape index (κ1) is 20.5. The molecular weight excluding hydrogens is 419 g/mol. The molecule has 0 unspecified atom stereocenters. The summed E-state index contributed by atoms with van der Waals surface area (Å²) in [6.07, 6.45) is 0. The maximum Gasteiger partial charge on any atom is 0.295 e. The number of thiophene rings is 1. The van der Waals surface area contributed by atoms with Gasteiger partial charge in [-0.25, -0.2) is 14.1 Å². The van der Waals surface area contributed by atoms with E-state index in [0.717, 1.165) is 10.4 Å². The molecule has 0 atom stereocenters. The molecule has 31 heavy (non-hydrogen) atoms. The van der Waals surface area contributed by atoms with Crippen LogP contribution in [-0.2, 0) is 0 Å². The third-order valence-electron chi connectivity index (χ3n) is 4.60. The van der Waals surface area contributed by atoms with Gasteiger partial charge in [0.15, 0.2) is 17.3 Å². The third kappa shape index (κ3) is 4.13. The molecule has 4 aromatic rings. The number of anilines is 1. The van der Waals surface area contributed by atoms with Gasteiger partial charge in [0, 0.05) is 11.8 Å². The van der Waals surface area contributed by atoms with Crippen molar-refractivity contribution in [2.75, 3.05) is 19.5 Å². The van der Waals surface area contributed by atoms with Gasteiger partial charge in [-0.1, -0.05) is 6.07 Å². The minimum atomic E-state index is -0.478. The number of nitrogens with one attached hydrogen (secondary N) is 1. The van der Waals surface area contributed by atoms with Gasteiger partial charge in [-0.05, 0) is 54.3 Å². The highest BCUT2D eigenvalue weighted by Crippen LogP contribution is 2.33. The second-order valence-corrected chi connectivity index (χ2v) is 7.55. The molecule has 158 valence electrons. The summed E-state index contributed by atoms with van der Waals surface area (Å²) in [5, 5.41) is 9.13. The van der Waals surface area contributed by atoms with Crippen LogP contribution in [0.4, 0.5) is 10.1 Å². The third-order valence-corrected chi connectivity index (χ3v) is 5.47. The zero-order valence-corrected chi connectivity index (χ0v) is 17.9. The summed E-state index contributed by atoms with van der Waals surface area (Å²) in [6.45, 7) is 1.85. The highest BCUT2D eigenvalue weighted by molar-refractivity contribution is 7.13. The predicted molar refractivity (Wildman–Crippen MR) is 117 cm³/mol. The lowest BCUT2D eigenvalue weighted by molar-refractivity contribution is 0.101. The Hall–Kier alpha value is -3.72. The van der Waals surface area contributed by atoms with Gasteiger partial charge >= 0.3 is 0 Å². The Morgan fingerprint density at radius 2 is 1.81 bits per heavy atom. The molecule has 0 aliphatic rings. The molecule has 2 aromatic carbocycles. The van der Waals surface area contributed by atoms with Crippen LogP contribution in [0.15, 0.2) is 53.9 Å². The highest BCUT2D eigenvalue weighted by Gasteiger charge is 2.21. The molecule has 0 radical (unpaired) electrons. The number of carbonyl (C=O) groups is 1. The zero-order chi connectivity index (χ0) is 22.0. The van der Waals surface area contributed by atoms with E-state index in [9.17, 15) is 9.18 Å². The topological polar surface area (TPSA) is 78.3 Å². The average Bonchev–Trinajstić information content (AvgIpc) is 3.45. The van der Waals surface area contributed by atoms with E-state index in [1.165, 1.54) is 35.3 Å². The van der Waals surface area contributed by atoms with Crippen LogP contribution in [0, 0.1) is 12.7 Å². The van der Waals surface area contributed by atoms with Gasteiger partial charge in [-0.15, -0.1) is 16.4 Å². The number of benzene rings is 2. The highest BCUT2D eigenvalue weighted by atomic mass is 32.1. The van der Waals surface area contributed by atoms with Crippen LogP contribution in [0.3, 0.4) is 0 Å². The lowest BCUT2D eigenvalue weighted by atomic mass is 10.1. The molecule has 0 fully saturated rings. The first-order valence-electron chi connectivity index (χ1n) is 9.31. The molecule has 2 aromatic heterocycles. The van der Waals surface area contributed by atoms with Crippen molar-refractivity contribution in [1.82, 2.24) is 14.8 Å². The van der Waals surface area contributed by atoms with E-state index in [1.54, 1.807) is 31.4 Å². The summed E-state index contributed by atoms with van der Waals surface area (Å²) in [5.41, 5.74) is 1.94. The number of amides is 1. The van der Waals surface area contributed by atoms with Crippen molar-refractivity contribution in [1.29, 1.82) is 0 Å². The quantitative estimate of drug-likeness (QED) is 0.472. The van der Waals surface area contributed by atoms with Crippen LogP contribution in [0.5, 0.6) is 11.5 Å².